The van der Waals surface area contributed by atoms with E-state index in [1.54, 1.807) is 37.0 Å². The number of benzene rings is 1. The zero-order valence-electron chi connectivity index (χ0n) is 10.6. The summed E-state index contributed by atoms with van der Waals surface area (Å²) in [5, 5.41) is 24.1. The molecule has 5 nitrogen and oxygen atoms in total. The summed E-state index contributed by atoms with van der Waals surface area (Å²) in [7, 11) is 3.28. The number of aromatic hydroxyl groups is 1. The smallest absolute Gasteiger partial charge is 0.163 e. The van der Waals surface area contributed by atoms with Crippen LogP contribution in [0.2, 0.25) is 0 Å². The van der Waals surface area contributed by atoms with Crippen molar-refractivity contribution >= 4 is 0 Å². The van der Waals surface area contributed by atoms with E-state index in [2.05, 4.69) is 5.10 Å². The van der Waals surface area contributed by atoms with Crippen molar-refractivity contribution in [3.63, 3.8) is 0 Å². The molecule has 1 heterocycles. The van der Waals surface area contributed by atoms with E-state index in [4.69, 9.17) is 4.74 Å². The fourth-order valence-electron chi connectivity index (χ4n) is 2.04. The first-order valence-corrected chi connectivity index (χ1v) is 5.55. The molecule has 0 fully saturated rings. The number of hydrogen-bond acceptors (Lipinski definition) is 4. The molecule has 0 saturated carbocycles. The Morgan fingerprint density at radius 3 is 2.44 bits per heavy atom. The molecule has 1 aromatic carbocycles. The number of aryl methyl sites for hydroxylation is 1. The zero-order valence-corrected chi connectivity index (χ0v) is 10.6. The van der Waals surface area contributed by atoms with Crippen LogP contribution in [0, 0.1) is 0 Å². The number of hydrogen-bond donors (Lipinski definition) is 2. The van der Waals surface area contributed by atoms with Crippen molar-refractivity contribution in [2.24, 2.45) is 7.05 Å². The minimum Gasteiger partial charge on any atom is -0.508 e. The first-order chi connectivity index (χ1) is 8.46. The molecule has 1 aromatic heterocycles. The minimum atomic E-state index is -1.25. The highest BCUT2D eigenvalue weighted by molar-refractivity contribution is 5.40. The van der Waals surface area contributed by atoms with Gasteiger partial charge in [-0.3, -0.25) is 4.68 Å². The van der Waals surface area contributed by atoms with Gasteiger partial charge in [-0.05, 0) is 24.6 Å². The van der Waals surface area contributed by atoms with E-state index in [0.29, 0.717) is 17.0 Å². The van der Waals surface area contributed by atoms with Crippen LogP contribution >= 0.6 is 0 Å². The van der Waals surface area contributed by atoms with E-state index in [1.165, 1.54) is 19.2 Å². The maximum Gasteiger partial charge on any atom is 0.163 e. The zero-order chi connectivity index (χ0) is 13.3. The number of aromatic nitrogens is 2. The highest BCUT2D eigenvalue weighted by Crippen LogP contribution is 2.35. The van der Waals surface area contributed by atoms with Crippen LogP contribution in [0.25, 0.3) is 0 Å². The van der Waals surface area contributed by atoms with E-state index in [-0.39, 0.29) is 5.75 Å². The normalized spacial score (nSPS) is 14.2. The summed E-state index contributed by atoms with van der Waals surface area (Å²) in [6.45, 7) is 1.67. The van der Waals surface area contributed by atoms with Gasteiger partial charge in [0.2, 0.25) is 0 Å². The second-order valence-electron chi connectivity index (χ2n) is 4.30. The van der Waals surface area contributed by atoms with Crippen LogP contribution in [-0.2, 0) is 12.6 Å². The summed E-state index contributed by atoms with van der Waals surface area (Å²) >= 11 is 0. The van der Waals surface area contributed by atoms with E-state index in [1.807, 2.05) is 0 Å². The predicted octanol–water partition coefficient (Wildman–Crippen LogP) is 1.39. The molecule has 0 aliphatic carbocycles. The van der Waals surface area contributed by atoms with Gasteiger partial charge in [-0.25, -0.2) is 0 Å². The van der Waals surface area contributed by atoms with Crippen LogP contribution in [-0.4, -0.2) is 27.1 Å². The Labute approximate surface area is 105 Å². The SMILES string of the molecule is COc1cnn(C)c1C(C)(O)c1ccc(O)cc1. The molecule has 0 aliphatic rings. The number of phenolic OH excluding ortho intramolecular Hbond substituents is 1. The number of methoxy groups -OCH3 is 1. The molecule has 2 rings (SSSR count). The van der Waals surface area contributed by atoms with Crippen LogP contribution in [0.1, 0.15) is 18.2 Å². The average Bonchev–Trinajstić information content (AvgIpc) is 2.71. The molecule has 1 unspecified atom stereocenters. The third-order valence-electron chi connectivity index (χ3n) is 3.02. The molecule has 96 valence electrons. The molecule has 5 heteroatoms. The molecular weight excluding hydrogens is 232 g/mol. The van der Waals surface area contributed by atoms with Gasteiger partial charge >= 0.3 is 0 Å². The van der Waals surface area contributed by atoms with Crippen molar-refractivity contribution in [2.75, 3.05) is 7.11 Å². The first kappa shape index (κ1) is 12.4. The van der Waals surface area contributed by atoms with Crippen LogP contribution in [0.3, 0.4) is 0 Å². The van der Waals surface area contributed by atoms with Gasteiger partial charge in [-0.2, -0.15) is 5.10 Å². The van der Waals surface area contributed by atoms with Crippen molar-refractivity contribution in [1.29, 1.82) is 0 Å². The number of phenols is 1. The Hall–Kier alpha value is -2.01. The molecule has 0 saturated heterocycles. The maximum absolute atomic E-state index is 10.7. The molecule has 1 atom stereocenters. The lowest BCUT2D eigenvalue weighted by atomic mass is 9.92. The molecule has 0 bridgehead atoms. The lowest BCUT2D eigenvalue weighted by molar-refractivity contribution is 0.0896. The van der Waals surface area contributed by atoms with E-state index >= 15 is 0 Å². The molecule has 0 aliphatic heterocycles. The van der Waals surface area contributed by atoms with E-state index < -0.39 is 5.60 Å². The lowest BCUT2D eigenvalue weighted by Crippen LogP contribution is -2.26. The predicted molar refractivity (Wildman–Crippen MR) is 66.5 cm³/mol. The number of rotatable bonds is 3. The van der Waals surface area contributed by atoms with Crippen LogP contribution < -0.4 is 4.74 Å². The molecule has 2 N–H and O–H groups in total. The minimum absolute atomic E-state index is 0.159. The summed E-state index contributed by atoms with van der Waals surface area (Å²) < 4.78 is 6.78. The highest BCUT2D eigenvalue weighted by Gasteiger charge is 2.32. The van der Waals surface area contributed by atoms with Crippen LogP contribution in [0.5, 0.6) is 11.5 Å². The third-order valence-corrected chi connectivity index (χ3v) is 3.02. The summed E-state index contributed by atoms with van der Waals surface area (Å²) in [5.41, 5.74) is -0.0255. The Balaban J connectivity index is 2.53. The molecule has 0 amide bonds. The third kappa shape index (κ3) is 1.93. The fraction of sp³-hybridized carbons (Fsp3) is 0.308. The first-order valence-electron chi connectivity index (χ1n) is 5.55. The maximum atomic E-state index is 10.7. The van der Waals surface area contributed by atoms with Crippen molar-refractivity contribution in [1.82, 2.24) is 9.78 Å². The van der Waals surface area contributed by atoms with Gasteiger partial charge in [0, 0.05) is 7.05 Å². The van der Waals surface area contributed by atoms with Gasteiger partial charge in [0.25, 0.3) is 0 Å². The lowest BCUT2D eigenvalue weighted by Gasteiger charge is -2.25. The van der Waals surface area contributed by atoms with Crippen molar-refractivity contribution in [2.45, 2.75) is 12.5 Å². The van der Waals surface area contributed by atoms with Gasteiger partial charge in [0.1, 0.15) is 17.0 Å². The molecular formula is C13H16N2O3. The van der Waals surface area contributed by atoms with Crippen molar-refractivity contribution in [3.8, 4) is 11.5 Å². The van der Waals surface area contributed by atoms with Crippen LogP contribution in [0.15, 0.2) is 30.5 Å². The molecule has 0 radical (unpaired) electrons. The summed E-state index contributed by atoms with van der Waals surface area (Å²) in [6.07, 6.45) is 1.56. The summed E-state index contributed by atoms with van der Waals surface area (Å²) in [6, 6.07) is 6.41. The highest BCUT2D eigenvalue weighted by atomic mass is 16.5. The van der Waals surface area contributed by atoms with Gasteiger partial charge in [-0.1, -0.05) is 12.1 Å². The van der Waals surface area contributed by atoms with E-state index in [0.717, 1.165) is 0 Å². The number of aliphatic hydroxyl groups is 1. The molecule has 0 spiro atoms. The second-order valence-corrected chi connectivity index (χ2v) is 4.30. The van der Waals surface area contributed by atoms with Gasteiger partial charge < -0.3 is 14.9 Å². The number of ether oxygens (including phenoxy) is 1. The topological polar surface area (TPSA) is 67.5 Å². The quantitative estimate of drug-likeness (QED) is 0.861. The summed E-state index contributed by atoms with van der Waals surface area (Å²) in [4.78, 5) is 0. The number of nitrogens with zero attached hydrogens (tertiary/aromatic N) is 2. The van der Waals surface area contributed by atoms with Gasteiger partial charge in [0.15, 0.2) is 5.75 Å². The second kappa shape index (κ2) is 4.34. The van der Waals surface area contributed by atoms with Crippen molar-refractivity contribution in [3.05, 3.63) is 41.7 Å². The average molecular weight is 248 g/mol. The van der Waals surface area contributed by atoms with Crippen molar-refractivity contribution < 1.29 is 14.9 Å². The monoisotopic (exact) mass is 248 g/mol. The van der Waals surface area contributed by atoms with E-state index in [9.17, 15) is 10.2 Å². The molecule has 18 heavy (non-hydrogen) atoms. The summed E-state index contributed by atoms with van der Waals surface area (Å²) in [5.74, 6) is 0.682. The van der Waals surface area contributed by atoms with Gasteiger partial charge in [-0.15, -0.1) is 0 Å². The van der Waals surface area contributed by atoms with Crippen LogP contribution in [0.4, 0.5) is 0 Å². The Kier molecular flexibility index (Phi) is 3.00. The largest absolute Gasteiger partial charge is 0.508 e. The molecule has 2 aromatic rings. The van der Waals surface area contributed by atoms with Gasteiger partial charge in [0.05, 0.1) is 13.3 Å². The Morgan fingerprint density at radius 1 is 1.28 bits per heavy atom. The Bertz CT molecular complexity index is 544. The Morgan fingerprint density at radius 2 is 1.89 bits per heavy atom. The standard InChI is InChI=1S/C13H16N2O3/c1-13(17,9-4-6-10(16)7-5-9)12-11(18-3)8-14-15(12)2/h4-8,16-17H,1-3H3. The fourth-order valence-corrected chi connectivity index (χ4v) is 2.04.